The molecule has 0 spiro atoms. The van der Waals surface area contributed by atoms with Crippen molar-refractivity contribution in [1.82, 2.24) is 4.72 Å². The van der Waals surface area contributed by atoms with Gasteiger partial charge in [0.05, 0.1) is 5.75 Å². The Bertz CT molecular complexity index is 432. The molecule has 4 nitrogen and oxygen atoms in total. The molecule has 0 aromatic heterocycles. The molecule has 0 bridgehead atoms. The first-order valence-corrected chi connectivity index (χ1v) is 7.90. The van der Waals surface area contributed by atoms with Crippen molar-refractivity contribution in [2.75, 3.05) is 18.8 Å². The van der Waals surface area contributed by atoms with Crippen molar-refractivity contribution in [2.45, 2.75) is 19.8 Å². The Hall–Kier alpha value is -0.910. The van der Waals surface area contributed by atoms with E-state index in [0.717, 1.165) is 12.0 Å². The SMILES string of the molecule is CC(CCN)CNS(=O)(=O)CCc1ccccc1. The predicted octanol–water partition coefficient (Wildman–Crippen LogP) is 1.13. The standard InChI is InChI=1S/C13H22N2O2S/c1-12(7-9-14)11-15-18(16,17)10-8-13-5-3-2-4-6-13/h2-6,12,15H,7-11,14H2,1H3. The van der Waals surface area contributed by atoms with Gasteiger partial charge in [0.15, 0.2) is 0 Å². The first-order chi connectivity index (χ1) is 8.53. The second-order valence-electron chi connectivity index (χ2n) is 4.59. The molecule has 0 heterocycles. The van der Waals surface area contributed by atoms with Gasteiger partial charge >= 0.3 is 0 Å². The van der Waals surface area contributed by atoms with Gasteiger partial charge in [0.25, 0.3) is 0 Å². The molecule has 1 aromatic rings. The number of hydrogen-bond acceptors (Lipinski definition) is 3. The number of nitrogens with one attached hydrogen (secondary N) is 1. The molecule has 1 aromatic carbocycles. The summed E-state index contributed by atoms with van der Waals surface area (Å²) in [4.78, 5) is 0. The fourth-order valence-corrected chi connectivity index (χ4v) is 2.81. The van der Waals surface area contributed by atoms with Crippen LogP contribution in [0.15, 0.2) is 30.3 Å². The van der Waals surface area contributed by atoms with Crippen LogP contribution in [0.3, 0.4) is 0 Å². The Morgan fingerprint density at radius 1 is 1.28 bits per heavy atom. The Morgan fingerprint density at radius 2 is 1.94 bits per heavy atom. The number of hydrogen-bond donors (Lipinski definition) is 2. The van der Waals surface area contributed by atoms with E-state index in [-0.39, 0.29) is 11.7 Å². The van der Waals surface area contributed by atoms with E-state index in [4.69, 9.17) is 5.73 Å². The summed E-state index contributed by atoms with van der Waals surface area (Å²) in [6.07, 6.45) is 1.38. The van der Waals surface area contributed by atoms with Crippen molar-refractivity contribution in [3.63, 3.8) is 0 Å². The Labute approximate surface area is 110 Å². The van der Waals surface area contributed by atoms with Crippen LogP contribution >= 0.6 is 0 Å². The summed E-state index contributed by atoms with van der Waals surface area (Å²) in [5.74, 6) is 0.410. The highest BCUT2D eigenvalue weighted by Gasteiger charge is 2.11. The van der Waals surface area contributed by atoms with E-state index in [1.54, 1.807) is 0 Å². The molecule has 0 amide bonds. The van der Waals surface area contributed by atoms with Crippen molar-refractivity contribution in [3.05, 3.63) is 35.9 Å². The third kappa shape index (κ3) is 6.14. The molecule has 0 saturated heterocycles. The first-order valence-electron chi connectivity index (χ1n) is 6.25. The first kappa shape index (κ1) is 15.1. The van der Waals surface area contributed by atoms with Crippen molar-refractivity contribution < 1.29 is 8.42 Å². The molecule has 0 aliphatic heterocycles. The maximum atomic E-state index is 11.8. The monoisotopic (exact) mass is 270 g/mol. The number of sulfonamides is 1. The summed E-state index contributed by atoms with van der Waals surface area (Å²) in [6, 6.07) is 9.63. The molecular formula is C13H22N2O2S. The number of benzene rings is 1. The molecule has 1 atom stereocenters. The van der Waals surface area contributed by atoms with Crippen molar-refractivity contribution >= 4 is 10.0 Å². The number of rotatable bonds is 8. The summed E-state index contributed by atoms with van der Waals surface area (Å²) >= 11 is 0. The number of aryl methyl sites for hydroxylation is 1. The molecular weight excluding hydrogens is 248 g/mol. The molecule has 0 radical (unpaired) electrons. The lowest BCUT2D eigenvalue weighted by molar-refractivity contribution is 0.515. The fourth-order valence-electron chi connectivity index (χ4n) is 1.62. The minimum atomic E-state index is -3.18. The highest BCUT2D eigenvalue weighted by Crippen LogP contribution is 2.03. The van der Waals surface area contributed by atoms with Crippen LogP contribution in [0, 0.1) is 5.92 Å². The number of nitrogens with two attached hydrogens (primary N) is 1. The second-order valence-corrected chi connectivity index (χ2v) is 6.51. The maximum absolute atomic E-state index is 11.8. The van der Waals surface area contributed by atoms with Gasteiger partial charge in [0.2, 0.25) is 10.0 Å². The zero-order valence-corrected chi connectivity index (χ0v) is 11.6. The van der Waals surface area contributed by atoms with Gasteiger partial charge in [-0.3, -0.25) is 0 Å². The fraction of sp³-hybridized carbons (Fsp3) is 0.538. The normalized spacial score (nSPS) is 13.4. The summed E-state index contributed by atoms with van der Waals surface area (Å²) < 4.78 is 26.2. The Balaban J connectivity index is 2.36. The molecule has 102 valence electrons. The van der Waals surface area contributed by atoms with Crippen LogP contribution in [-0.4, -0.2) is 27.3 Å². The van der Waals surface area contributed by atoms with Gasteiger partial charge in [-0.1, -0.05) is 37.3 Å². The van der Waals surface area contributed by atoms with Crippen molar-refractivity contribution in [3.8, 4) is 0 Å². The average molecular weight is 270 g/mol. The summed E-state index contributed by atoms with van der Waals surface area (Å²) in [6.45, 7) is 3.05. The van der Waals surface area contributed by atoms with Crippen molar-refractivity contribution in [1.29, 1.82) is 0 Å². The van der Waals surface area contributed by atoms with Gasteiger partial charge in [-0.05, 0) is 30.9 Å². The van der Waals surface area contributed by atoms with Crippen LogP contribution in [0.4, 0.5) is 0 Å². The van der Waals surface area contributed by atoms with E-state index in [1.165, 1.54) is 0 Å². The van der Waals surface area contributed by atoms with Crippen LogP contribution in [-0.2, 0) is 16.4 Å². The highest BCUT2D eigenvalue weighted by molar-refractivity contribution is 7.89. The molecule has 18 heavy (non-hydrogen) atoms. The maximum Gasteiger partial charge on any atom is 0.211 e. The minimum absolute atomic E-state index is 0.131. The van der Waals surface area contributed by atoms with E-state index in [1.807, 2.05) is 37.3 Å². The van der Waals surface area contributed by atoms with Crippen LogP contribution in [0.2, 0.25) is 0 Å². The lowest BCUT2D eigenvalue weighted by Gasteiger charge is -2.11. The lowest BCUT2D eigenvalue weighted by atomic mass is 10.1. The van der Waals surface area contributed by atoms with Crippen LogP contribution in [0.5, 0.6) is 0 Å². The second kappa shape index (κ2) is 7.51. The zero-order valence-electron chi connectivity index (χ0n) is 10.8. The Morgan fingerprint density at radius 3 is 2.56 bits per heavy atom. The van der Waals surface area contributed by atoms with E-state index in [0.29, 0.717) is 19.5 Å². The smallest absolute Gasteiger partial charge is 0.211 e. The van der Waals surface area contributed by atoms with Gasteiger partial charge in [0.1, 0.15) is 0 Å². The van der Waals surface area contributed by atoms with Crippen molar-refractivity contribution in [2.24, 2.45) is 11.7 Å². The largest absolute Gasteiger partial charge is 0.330 e. The quantitative estimate of drug-likeness (QED) is 0.744. The van der Waals surface area contributed by atoms with Gasteiger partial charge < -0.3 is 5.73 Å². The van der Waals surface area contributed by atoms with E-state index >= 15 is 0 Å². The molecule has 0 saturated carbocycles. The minimum Gasteiger partial charge on any atom is -0.330 e. The highest BCUT2D eigenvalue weighted by atomic mass is 32.2. The third-order valence-electron chi connectivity index (χ3n) is 2.81. The summed E-state index contributed by atoms with van der Waals surface area (Å²) in [5.41, 5.74) is 6.47. The summed E-state index contributed by atoms with van der Waals surface area (Å²) in [5, 5.41) is 0. The van der Waals surface area contributed by atoms with E-state index < -0.39 is 10.0 Å². The Kier molecular flexibility index (Phi) is 6.32. The third-order valence-corrected chi connectivity index (χ3v) is 4.16. The van der Waals surface area contributed by atoms with Gasteiger partial charge in [-0.15, -0.1) is 0 Å². The molecule has 0 fully saturated rings. The molecule has 1 rings (SSSR count). The van der Waals surface area contributed by atoms with Crippen LogP contribution < -0.4 is 10.5 Å². The summed E-state index contributed by atoms with van der Waals surface area (Å²) in [7, 11) is -3.18. The molecule has 0 aliphatic rings. The van der Waals surface area contributed by atoms with Crippen LogP contribution in [0.25, 0.3) is 0 Å². The van der Waals surface area contributed by atoms with Gasteiger partial charge in [-0.2, -0.15) is 0 Å². The van der Waals surface area contributed by atoms with E-state index in [9.17, 15) is 8.42 Å². The van der Waals surface area contributed by atoms with Crippen LogP contribution in [0.1, 0.15) is 18.9 Å². The predicted molar refractivity (Wildman–Crippen MR) is 74.8 cm³/mol. The average Bonchev–Trinajstić information content (AvgIpc) is 2.36. The molecule has 3 N–H and O–H groups in total. The molecule has 1 unspecified atom stereocenters. The van der Waals surface area contributed by atoms with Gasteiger partial charge in [-0.25, -0.2) is 13.1 Å². The lowest BCUT2D eigenvalue weighted by Crippen LogP contribution is -2.31. The topological polar surface area (TPSA) is 72.2 Å². The molecule has 5 heteroatoms. The van der Waals surface area contributed by atoms with Gasteiger partial charge in [0, 0.05) is 6.54 Å². The molecule has 0 aliphatic carbocycles. The van der Waals surface area contributed by atoms with E-state index in [2.05, 4.69) is 4.72 Å². The zero-order chi connectivity index (χ0) is 13.4.